The quantitative estimate of drug-likeness (QED) is 0.391. The molecule has 0 radical (unpaired) electrons. The summed E-state index contributed by atoms with van der Waals surface area (Å²) in [5.41, 5.74) is 1.11. The van der Waals surface area contributed by atoms with E-state index < -0.39 is 0 Å². The number of halogens is 1. The standard InChI is InChI=1S/C10H13IN2O2/c1-2-3-6-12-10-5-4-8(13(14)15)7-9(10)11/h4-5,7,12H,2-3,6H2,1H3. The molecule has 0 saturated heterocycles. The van der Waals surface area contributed by atoms with E-state index in [-0.39, 0.29) is 10.6 Å². The molecule has 15 heavy (non-hydrogen) atoms. The molecule has 0 saturated carbocycles. The zero-order chi connectivity index (χ0) is 11.3. The summed E-state index contributed by atoms with van der Waals surface area (Å²) >= 11 is 2.10. The van der Waals surface area contributed by atoms with Crippen LogP contribution in [0.25, 0.3) is 0 Å². The molecule has 0 bridgehead atoms. The average molecular weight is 320 g/mol. The second kappa shape index (κ2) is 5.89. The highest BCUT2D eigenvalue weighted by atomic mass is 127. The van der Waals surface area contributed by atoms with E-state index in [4.69, 9.17) is 0 Å². The third kappa shape index (κ3) is 3.65. The number of hydrogen-bond acceptors (Lipinski definition) is 3. The Hall–Kier alpha value is -0.850. The second-order valence-electron chi connectivity index (χ2n) is 3.20. The van der Waals surface area contributed by atoms with Crippen LogP contribution >= 0.6 is 22.6 Å². The summed E-state index contributed by atoms with van der Waals surface area (Å²) in [5.74, 6) is 0. The average Bonchev–Trinajstić information content (AvgIpc) is 2.20. The molecule has 0 amide bonds. The lowest BCUT2D eigenvalue weighted by Crippen LogP contribution is -2.02. The topological polar surface area (TPSA) is 55.2 Å². The molecule has 82 valence electrons. The van der Waals surface area contributed by atoms with Gasteiger partial charge < -0.3 is 5.32 Å². The maximum Gasteiger partial charge on any atom is 0.270 e. The Morgan fingerprint density at radius 3 is 2.80 bits per heavy atom. The Morgan fingerprint density at radius 2 is 2.27 bits per heavy atom. The van der Waals surface area contributed by atoms with Crippen LogP contribution in [0, 0.1) is 13.7 Å². The SMILES string of the molecule is CCCCNc1ccc([N+](=O)[O-])cc1I. The second-order valence-corrected chi connectivity index (χ2v) is 4.36. The van der Waals surface area contributed by atoms with Gasteiger partial charge in [-0.2, -0.15) is 0 Å². The van der Waals surface area contributed by atoms with Crippen molar-refractivity contribution in [3.05, 3.63) is 31.9 Å². The molecule has 0 heterocycles. The first-order valence-corrected chi connectivity index (χ1v) is 5.91. The van der Waals surface area contributed by atoms with E-state index in [9.17, 15) is 10.1 Å². The molecule has 0 aliphatic heterocycles. The summed E-state index contributed by atoms with van der Waals surface area (Å²) in [7, 11) is 0. The first-order valence-electron chi connectivity index (χ1n) is 4.83. The predicted octanol–water partition coefficient (Wildman–Crippen LogP) is 3.41. The van der Waals surface area contributed by atoms with Gasteiger partial charge in [0.1, 0.15) is 0 Å². The van der Waals surface area contributed by atoms with Crippen LogP contribution in [-0.4, -0.2) is 11.5 Å². The maximum absolute atomic E-state index is 10.5. The summed E-state index contributed by atoms with van der Waals surface area (Å²) < 4.78 is 0.887. The Kier molecular flexibility index (Phi) is 4.80. The van der Waals surface area contributed by atoms with Gasteiger partial charge in [-0.25, -0.2) is 0 Å². The molecule has 0 unspecified atom stereocenters. The van der Waals surface area contributed by atoms with Crippen LogP contribution in [0.4, 0.5) is 11.4 Å². The minimum atomic E-state index is -0.377. The van der Waals surface area contributed by atoms with Crippen LogP contribution in [-0.2, 0) is 0 Å². The van der Waals surface area contributed by atoms with Gasteiger partial charge in [-0.3, -0.25) is 10.1 Å². The van der Waals surface area contributed by atoms with E-state index in [0.717, 1.165) is 28.6 Å². The lowest BCUT2D eigenvalue weighted by Gasteiger charge is -2.07. The van der Waals surface area contributed by atoms with E-state index in [1.54, 1.807) is 12.1 Å². The van der Waals surface area contributed by atoms with Gasteiger partial charge in [-0.05, 0) is 35.1 Å². The highest BCUT2D eigenvalue weighted by Gasteiger charge is 2.08. The molecule has 1 N–H and O–H groups in total. The Balaban J connectivity index is 2.70. The van der Waals surface area contributed by atoms with Gasteiger partial charge in [0.05, 0.1) is 4.92 Å². The third-order valence-electron chi connectivity index (χ3n) is 2.01. The van der Waals surface area contributed by atoms with Crippen LogP contribution in [0.3, 0.4) is 0 Å². The summed E-state index contributed by atoms with van der Waals surface area (Å²) in [4.78, 5) is 10.1. The van der Waals surface area contributed by atoms with Gasteiger partial charge in [0.2, 0.25) is 0 Å². The van der Waals surface area contributed by atoms with Crippen molar-refractivity contribution >= 4 is 34.0 Å². The van der Waals surface area contributed by atoms with Crippen molar-refractivity contribution < 1.29 is 4.92 Å². The van der Waals surface area contributed by atoms with Crippen LogP contribution in [0.1, 0.15) is 19.8 Å². The number of anilines is 1. The van der Waals surface area contributed by atoms with Gasteiger partial charge in [-0.15, -0.1) is 0 Å². The molecule has 1 aromatic rings. The zero-order valence-electron chi connectivity index (χ0n) is 8.50. The molecule has 1 rings (SSSR count). The molecule has 0 atom stereocenters. The van der Waals surface area contributed by atoms with E-state index in [2.05, 4.69) is 34.8 Å². The molecule has 0 fully saturated rings. The fourth-order valence-corrected chi connectivity index (χ4v) is 1.85. The van der Waals surface area contributed by atoms with E-state index in [0.29, 0.717) is 0 Å². The first kappa shape index (κ1) is 12.2. The van der Waals surface area contributed by atoms with Crippen molar-refractivity contribution in [3.8, 4) is 0 Å². The summed E-state index contributed by atoms with van der Waals surface area (Å²) in [6, 6.07) is 4.86. The van der Waals surface area contributed by atoms with Gasteiger partial charge in [0.15, 0.2) is 0 Å². The highest BCUT2D eigenvalue weighted by molar-refractivity contribution is 14.1. The van der Waals surface area contributed by atoms with Crippen molar-refractivity contribution in [2.45, 2.75) is 19.8 Å². The smallest absolute Gasteiger partial charge is 0.270 e. The Morgan fingerprint density at radius 1 is 1.53 bits per heavy atom. The molecular weight excluding hydrogens is 307 g/mol. The molecular formula is C10H13IN2O2. The monoisotopic (exact) mass is 320 g/mol. The molecule has 0 spiro atoms. The minimum absolute atomic E-state index is 0.139. The van der Waals surface area contributed by atoms with E-state index >= 15 is 0 Å². The summed E-state index contributed by atoms with van der Waals surface area (Å²) in [6.07, 6.45) is 2.24. The molecule has 0 aliphatic carbocycles. The van der Waals surface area contributed by atoms with Crippen LogP contribution < -0.4 is 5.32 Å². The molecule has 0 aromatic heterocycles. The zero-order valence-corrected chi connectivity index (χ0v) is 10.7. The largest absolute Gasteiger partial charge is 0.384 e. The number of hydrogen-bond donors (Lipinski definition) is 1. The number of benzene rings is 1. The number of nitrogens with zero attached hydrogens (tertiary/aromatic N) is 1. The lowest BCUT2D eigenvalue weighted by molar-refractivity contribution is -0.384. The molecule has 1 aromatic carbocycles. The molecule has 0 aliphatic rings. The van der Waals surface area contributed by atoms with Crippen molar-refractivity contribution in [2.24, 2.45) is 0 Å². The molecule has 5 heteroatoms. The van der Waals surface area contributed by atoms with Gasteiger partial charge in [0, 0.05) is 27.9 Å². The number of rotatable bonds is 5. The normalized spacial score (nSPS) is 10.0. The van der Waals surface area contributed by atoms with E-state index in [1.807, 2.05) is 0 Å². The Labute approximate surface area is 102 Å². The summed E-state index contributed by atoms with van der Waals surface area (Å²) in [6.45, 7) is 3.03. The van der Waals surface area contributed by atoms with E-state index in [1.165, 1.54) is 6.07 Å². The van der Waals surface area contributed by atoms with Crippen LogP contribution in [0.15, 0.2) is 18.2 Å². The van der Waals surface area contributed by atoms with Crippen molar-refractivity contribution in [2.75, 3.05) is 11.9 Å². The number of nitro benzene ring substituents is 1. The van der Waals surface area contributed by atoms with Crippen LogP contribution in [0.2, 0.25) is 0 Å². The Bertz CT molecular complexity index is 355. The van der Waals surface area contributed by atoms with Crippen molar-refractivity contribution in [3.63, 3.8) is 0 Å². The fourth-order valence-electron chi connectivity index (χ4n) is 1.16. The fraction of sp³-hybridized carbons (Fsp3) is 0.400. The predicted molar refractivity (Wildman–Crippen MR) is 69.2 cm³/mol. The van der Waals surface area contributed by atoms with Gasteiger partial charge in [0.25, 0.3) is 5.69 Å². The molecule has 4 nitrogen and oxygen atoms in total. The van der Waals surface area contributed by atoms with Gasteiger partial charge in [-0.1, -0.05) is 13.3 Å². The number of non-ortho nitro benzene ring substituents is 1. The summed E-state index contributed by atoms with van der Waals surface area (Å²) in [5, 5.41) is 13.8. The van der Waals surface area contributed by atoms with Gasteiger partial charge >= 0.3 is 0 Å². The third-order valence-corrected chi connectivity index (χ3v) is 2.90. The number of nitro groups is 1. The maximum atomic E-state index is 10.5. The highest BCUT2D eigenvalue weighted by Crippen LogP contribution is 2.23. The number of unbranched alkanes of at least 4 members (excludes halogenated alkanes) is 1. The number of nitrogens with one attached hydrogen (secondary N) is 1. The minimum Gasteiger partial charge on any atom is -0.384 e. The van der Waals surface area contributed by atoms with Crippen molar-refractivity contribution in [1.29, 1.82) is 0 Å². The first-order chi connectivity index (χ1) is 7.15. The lowest BCUT2D eigenvalue weighted by atomic mass is 10.2. The van der Waals surface area contributed by atoms with Crippen LogP contribution in [0.5, 0.6) is 0 Å². The van der Waals surface area contributed by atoms with Crippen molar-refractivity contribution in [1.82, 2.24) is 0 Å².